The van der Waals surface area contributed by atoms with Crippen molar-refractivity contribution in [2.24, 2.45) is 7.05 Å². The molecule has 19 heavy (non-hydrogen) atoms. The van der Waals surface area contributed by atoms with Gasteiger partial charge in [-0.15, -0.1) is 0 Å². The summed E-state index contributed by atoms with van der Waals surface area (Å²) in [5.74, 6) is 0.815. The third kappa shape index (κ3) is 2.10. The van der Waals surface area contributed by atoms with Crippen molar-refractivity contribution in [2.45, 2.75) is 0 Å². The van der Waals surface area contributed by atoms with Crippen molar-refractivity contribution in [2.75, 3.05) is 7.11 Å². The molecule has 5 heteroatoms. The molecule has 0 saturated carbocycles. The molecule has 96 valence electrons. The van der Waals surface area contributed by atoms with Crippen LogP contribution in [0.15, 0.2) is 47.4 Å². The maximum atomic E-state index is 5.15. The molecule has 0 unspecified atom stereocenters. The van der Waals surface area contributed by atoms with E-state index >= 15 is 0 Å². The van der Waals surface area contributed by atoms with Crippen LogP contribution in [-0.4, -0.2) is 22.0 Å². The molecule has 0 fully saturated rings. The summed E-state index contributed by atoms with van der Waals surface area (Å²) in [4.78, 5) is 0. The molecule has 0 amide bonds. The van der Waals surface area contributed by atoms with Gasteiger partial charge in [-0.1, -0.05) is 5.16 Å². The first-order valence-corrected chi connectivity index (χ1v) is 5.86. The quantitative estimate of drug-likeness (QED) is 0.722. The minimum absolute atomic E-state index is 0.802. The molecule has 3 rings (SSSR count). The highest BCUT2D eigenvalue weighted by Crippen LogP contribution is 2.31. The van der Waals surface area contributed by atoms with E-state index in [1.165, 1.54) is 0 Å². The average molecular weight is 255 g/mol. The number of aryl methyl sites for hydroxylation is 1. The molecule has 3 aromatic rings. The number of nitrogens with zero attached hydrogens (tertiary/aromatic N) is 3. The highest BCUT2D eigenvalue weighted by Gasteiger charge is 2.13. The molecule has 2 aromatic heterocycles. The third-order valence-corrected chi connectivity index (χ3v) is 2.95. The Bertz CT molecular complexity index is 683. The van der Waals surface area contributed by atoms with Gasteiger partial charge in [-0.2, -0.15) is 5.10 Å². The van der Waals surface area contributed by atoms with Crippen molar-refractivity contribution >= 4 is 0 Å². The molecule has 0 aliphatic rings. The van der Waals surface area contributed by atoms with Gasteiger partial charge < -0.3 is 9.26 Å². The van der Waals surface area contributed by atoms with Crippen molar-refractivity contribution in [1.82, 2.24) is 14.9 Å². The van der Waals surface area contributed by atoms with Gasteiger partial charge in [-0.05, 0) is 24.3 Å². The minimum Gasteiger partial charge on any atom is -0.497 e. The lowest BCUT2D eigenvalue weighted by molar-refractivity contribution is 0.414. The number of ether oxygens (including phenoxy) is 1. The average Bonchev–Trinajstić information content (AvgIpc) is 3.07. The predicted molar refractivity (Wildman–Crippen MR) is 70.7 cm³/mol. The van der Waals surface area contributed by atoms with E-state index in [0.29, 0.717) is 0 Å². The summed E-state index contributed by atoms with van der Waals surface area (Å²) in [5.41, 5.74) is 3.69. The van der Waals surface area contributed by atoms with E-state index < -0.39 is 0 Å². The number of benzene rings is 1. The third-order valence-electron chi connectivity index (χ3n) is 2.95. The lowest BCUT2D eigenvalue weighted by atomic mass is 10.0. The Kier molecular flexibility index (Phi) is 2.79. The van der Waals surface area contributed by atoms with Gasteiger partial charge in [0.05, 0.1) is 18.9 Å². The molecule has 0 aliphatic heterocycles. The highest BCUT2D eigenvalue weighted by molar-refractivity contribution is 5.79. The highest BCUT2D eigenvalue weighted by atomic mass is 16.5. The van der Waals surface area contributed by atoms with E-state index in [1.54, 1.807) is 24.3 Å². The topological polar surface area (TPSA) is 53.1 Å². The van der Waals surface area contributed by atoms with Crippen LogP contribution in [-0.2, 0) is 7.05 Å². The van der Waals surface area contributed by atoms with Crippen LogP contribution in [0.3, 0.4) is 0 Å². The summed E-state index contributed by atoms with van der Waals surface area (Å²) in [6.45, 7) is 0. The van der Waals surface area contributed by atoms with Crippen LogP contribution >= 0.6 is 0 Å². The molecule has 2 heterocycles. The van der Waals surface area contributed by atoms with Gasteiger partial charge in [-0.25, -0.2) is 0 Å². The maximum absolute atomic E-state index is 5.15. The number of hydrogen-bond donors (Lipinski definition) is 0. The summed E-state index contributed by atoms with van der Waals surface area (Å²) < 4.78 is 12.0. The normalized spacial score (nSPS) is 10.6. The van der Waals surface area contributed by atoms with E-state index in [0.717, 1.165) is 28.1 Å². The minimum atomic E-state index is 0.802. The Labute approximate surface area is 110 Å². The zero-order valence-corrected chi connectivity index (χ0v) is 10.7. The first-order valence-electron chi connectivity index (χ1n) is 5.86. The van der Waals surface area contributed by atoms with E-state index in [2.05, 4.69) is 10.3 Å². The Morgan fingerprint density at radius 3 is 2.58 bits per heavy atom. The molecule has 0 radical (unpaired) electrons. The van der Waals surface area contributed by atoms with Crippen LogP contribution in [0, 0.1) is 0 Å². The van der Waals surface area contributed by atoms with Crippen LogP contribution in [0.1, 0.15) is 0 Å². The van der Waals surface area contributed by atoms with E-state index in [4.69, 9.17) is 9.26 Å². The summed E-state index contributed by atoms with van der Waals surface area (Å²) >= 11 is 0. The molecule has 0 spiro atoms. The summed E-state index contributed by atoms with van der Waals surface area (Å²) in [6.07, 6.45) is 5.36. The molecule has 0 aliphatic carbocycles. The lowest BCUT2D eigenvalue weighted by Crippen LogP contribution is -1.85. The molecular weight excluding hydrogens is 242 g/mol. The van der Waals surface area contributed by atoms with Gasteiger partial charge in [0.15, 0.2) is 0 Å². The van der Waals surface area contributed by atoms with Gasteiger partial charge in [0, 0.05) is 24.4 Å². The predicted octanol–water partition coefficient (Wildman–Crippen LogP) is 2.75. The van der Waals surface area contributed by atoms with Crippen molar-refractivity contribution in [3.05, 3.63) is 42.9 Å². The van der Waals surface area contributed by atoms with Crippen LogP contribution in [0.5, 0.6) is 5.75 Å². The zero-order valence-electron chi connectivity index (χ0n) is 10.7. The number of rotatable bonds is 3. The summed E-state index contributed by atoms with van der Waals surface area (Å²) in [6, 6.07) is 7.71. The second-order valence-electron chi connectivity index (χ2n) is 4.21. The van der Waals surface area contributed by atoms with Gasteiger partial charge in [-0.3, -0.25) is 4.68 Å². The zero-order chi connectivity index (χ0) is 13.2. The first-order chi connectivity index (χ1) is 9.28. The molecule has 0 bridgehead atoms. The van der Waals surface area contributed by atoms with E-state index in [-0.39, 0.29) is 0 Å². The fourth-order valence-corrected chi connectivity index (χ4v) is 1.96. The van der Waals surface area contributed by atoms with Crippen molar-refractivity contribution in [1.29, 1.82) is 0 Å². The standard InChI is InChI=1S/C14H13N3O2/c1-17-8-11(7-15-17)13-9-19-16-14(13)10-3-5-12(18-2)6-4-10/h3-9H,1-2H3. The van der Waals surface area contributed by atoms with E-state index in [9.17, 15) is 0 Å². The monoisotopic (exact) mass is 255 g/mol. The summed E-state index contributed by atoms with van der Waals surface area (Å²) in [7, 11) is 3.52. The summed E-state index contributed by atoms with van der Waals surface area (Å²) in [5, 5.41) is 8.24. The Balaban J connectivity index is 2.03. The fraction of sp³-hybridized carbons (Fsp3) is 0.143. The molecule has 1 aromatic carbocycles. The number of aromatic nitrogens is 3. The second kappa shape index (κ2) is 4.61. The Hall–Kier alpha value is -2.56. The Morgan fingerprint density at radius 2 is 1.95 bits per heavy atom. The molecule has 5 nitrogen and oxygen atoms in total. The smallest absolute Gasteiger partial charge is 0.132 e. The van der Waals surface area contributed by atoms with Crippen LogP contribution in [0.4, 0.5) is 0 Å². The van der Waals surface area contributed by atoms with Gasteiger partial charge in [0.25, 0.3) is 0 Å². The van der Waals surface area contributed by atoms with Gasteiger partial charge in [0.2, 0.25) is 0 Å². The van der Waals surface area contributed by atoms with Gasteiger partial charge >= 0.3 is 0 Å². The van der Waals surface area contributed by atoms with Crippen LogP contribution in [0.2, 0.25) is 0 Å². The Morgan fingerprint density at radius 1 is 1.16 bits per heavy atom. The number of methoxy groups -OCH3 is 1. The van der Waals surface area contributed by atoms with Gasteiger partial charge in [0.1, 0.15) is 17.7 Å². The SMILES string of the molecule is COc1ccc(-c2nocc2-c2cnn(C)c2)cc1. The first kappa shape index (κ1) is 11.5. The molecule has 0 N–H and O–H groups in total. The fourth-order valence-electron chi connectivity index (χ4n) is 1.96. The van der Waals surface area contributed by atoms with Crippen molar-refractivity contribution in [3.8, 4) is 28.1 Å². The molecule has 0 atom stereocenters. The number of hydrogen-bond acceptors (Lipinski definition) is 4. The van der Waals surface area contributed by atoms with Crippen LogP contribution in [0.25, 0.3) is 22.4 Å². The van der Waals surface area contributed by atoms with E-state index in [1.807, 2.05) is 37.5 Å². The lowest BCUT2D eigenvalue weighted by Gasteiger charge is -2.02. The maximum Gasteiger partial charge on any atom is 0.132 e. The largest absolute Gasteiger partial charge is 0.497 e. The van der Waals surface area contributed by atoms with Crippen molar-refractivity contribution in [3.63, 3.8) is 0 Å². The van der Waals surface area contributed by atoms with Crippen molar-refractivity contribution < 1.29 is 9.26 Å². The molecule has 0 saturated heterocycles. The van der Waals surface area contributed by atoms with Crippen LogP contribution < -0.4 is 4.74 Å². The second-order valence-corrected chi connectivity index (χ2v) is 4.21. The molecular formula is C14H13N3O2.